The molecule has 0 aromatic carbocycles. The zero-order valence-electron chi connectivity index (χ0n) is 7.23. The molecule has 0 fully saturated rings. The summed E-state index contributed by atoms with van der Waals surface area (Å²) in [6.07, 6.45) is 3.43. The zero-order chi connectivity index (χ0) is 9.68. The molecule has 1 aromatic rings. The number of hydrogen-bond donors (Lipinski definition) is 0. The fourth-order valence-corrected chi connectivity index (χ4v) is 0.916. The highest BCUT2D eigenvalue weighted by molar-refractivity contribution is 5.68. The van der Waals surface area contributed by atoms with Gasteiger partial charge < -0.3 is 9.30 Å². The SMILES string of the molecule is COC(=O)CCn1ccnc1C#N. The maximum absolute atomic E-state index is 10.8. The van der Waals surface area contributed by atoms with Crippen LogP contribution in [0.25, 0.3) is 0 Å². The number of imidazole rings is 1. The van der Waals surface area contributed by atoms with Crippen LogP contribution in [0, 0.1) is 11.3 Å². The van der Waals surface area contributed by atoms with E-state index in [1.807, 2.05) is 6.07 Å². The molecule has 0 aliphatic carbocycles. The summed E-state index contributed by atoms with van der Waals surface area (Å²) in [7, 11) is 1.33. The first-order chi connectivity index (χ1) is 6.27. The Bertz CT molecular complexity index is 337. The largest absolute Gasteiger partial charge is 0.469 e. The molecule has 13 heavy (non-hydrogen) atoms. The molecular weight excluding hydrogens is 170 g/mol. The van der Waals surface area contributed by atoms with Gasteiger partial charge in [0.15, 0.2) is 0 Å². The first-order valence-corrected chi connectivity index (χ1v) is 3.76. The molecule has 5 nitrogen and oxygen atoms in total. The Hall–Kier alpha value is -1.83. The normalized spacial score (nSPS) is 9.23. The summed E-state index contributed by atoms with van der Waals surface area (Å²) in [5.41, 5.74) is 0. The molecule has 0 N–H and O–H groups in total. The predicted molar refractivity (Wildman–Crippen MR) is 43.6 cm³/mol. The Labute approximate surface area is 75.6 Å². The van der Waals surface area contributed by atoms with Gasteiger partial charge in [-0.2, -0.15) is 5.26 Å². The summed E-state index contributed by atoms with van der Waals surface area (Å²) in [6.45, 7) is 0.426. The monoisotopic (exact) mass is 179 g/mol. The molecule has 1 heterocycles. The van der Waals surface area contributed by atoms with E-state index in [-0.39, 0.29) is 12.4 Å². The van der Waals surface area contributed by atoms with Crippen molar-refractivity contribution in [3.05, 3.63) is 18.2 Å². The van der Waals surface area contributed by atoms with E-state index in [9.17, 15) is 4.79 Å². The Morgan fingerprint density at radius 2 is 2.62 bits per heavy atom. The molecule has 0 radical (unpaired) electrons. The van der Waals surface area contributed by atoms with Crippen molar-refractivity contribution in [1.82, 2.24) is 9.55 Å². The van der Waals surface area contributed by atoms with E-state index >= 15 is 0 Å². The minimum Gasteiger partial charge on any atom is -0.469 e. The number of hydrogen-bond acceptors (Lipinski definition) is 4. The molecular formula is C8H9N3O2. The maximum atomic E-state index is 10.8. The lowest BCUT2D eigenvalue weighted by molar-refractivity contribution is -0.140. The topological polar surface area (TPSA) is 67.9 Å². The smallest absolute Gasteiger partial charge is 0.307 e. The quantitative estimate of drug-likeness (QED) is 0.626. The number of ether oxygens (including phenoxy) is 1. The summed E-state index contributed by atoms with van der Waals surface area (Å²) >= 11 is 0. The van der Waals surface area contributed by atoms with Crippen LogP contribution >= 0.6 is 0 Å². The second-order valence-electron chi connectivity index (χ2n) is 2.38. The Morgan fingerprint density at radius 1 is 1.85 bits per heavy atom. The summed E-state index contributed by atoms with van der Waals surface area (Å²) in [5, 5.41) is 8.58. The van der Waals surface area contributed by atoms with Crippen LogP contribution < -0.4 is 0 Å². The third kappa shape index (κ3) is 2.30. The first-order valence-electron chi connectivity index (χ1n) is 3.76. The van der Waals surface area contributed by atoms with Crippen LogP contribution in [0.3, 0.4) is 0 Å². The predicted octanol–water partition coefficient (Wildman–Crippen LogP) is 0.318. The average Bonchev–Trinajstić information content (AvgIpc) is 2.61. The molecule has 0 saturated heterocycles. The van der Waals surface area contributed by atoms with E-state index in [0.717, 1.165) is 0 Å². The first kappa shape index (κ1) is 9.26. The molecule has 0 saturated carbocycles. The highest BCUT2D eigenvalue weighted by atomic mass is 16.5. The van der Waals surface area contributed by atoms with E-state index in [1.54, 1.807) is 10.8 Å². The van der Waals surface area contributed by atoms with Gasteiger partial charge in [0.25, 0.3) is 0 Å². The van der Waals surface area contributed by atoms with Gasteiger partial charge in [-0.15, -0.1) is 0 Å². The van der Waals surface area contributed by atoms with Crippen molar-refractivity contribution in [3.63, 3.8) is 0 Å². The average molecular weight is 179 g/mol. The van der Waals surface area contributed by atoms with E-state index < -0.39 is 0 Å². The molecule has 0 aliphatic heterocycles. The van der Waals surface area contributed by atoms with Crippen LogP contribution in [-0.2, 0) is 16.1 Å². The van der Waals surface area contributed by atoms with Crippen LogP contribution in [0.5, 0.6) is 0 Å². The fraction of sp³-hybridized carbons (Fsp3) is 0.375. The standard InChI is InChI=1S/C8H9N3O2/c1-13-8(12)2-4-11-5-3-10-7(11)6-9/h3,5H,2,4H2,1H3. The van der Waals surface area contributed by atoms with Gasteiger partial charge in [0.1, 0.15) is 6.07 Å². The lowest BCUT2D eigenvalue weighted by atomic mass is 10.4. The Balaban J connectivity index is 2.55. The molecule has 5 heteroatoms. The second-order valence-corrected chi connectivity index (χ2v) is 2.38. The van der Waals surface area contributed by atoms with Gasteiger partial charge in [-0.25, -0.2) is 4.98 Å². The van der Waals surface area contributed by atoms with Crippen molar-refractivity contribution in [2.24, 2.45) is 0 Å². The van der Waals surface area contributed by atoms with Gasteiger partial charge in [-0.05, 0) is 0 Å². The number of nitrogens with zero attached hydrogens (tertiary/aromatic N) is 3. The van der Waals surface area contributed by atoms with Crippen LogP contribution in [0.4, 0.5) is 0 Å². The minimum atomic E-state index is -0.294. The second kappa shape index (κ2) is 4.26. The van der Waals surface area contributed by atoms with E-state index in [1.165, 1.54) is 13.3 Å². The van der Waals surface area contributed by atoms with Crippen LogP contribution in [-0.4, -0.2) is 22.6 Å². The number of rotatable bonds is 3. The number of aryl methyl sites for hydroxylation is 1. The molecule has 1 aromatic heterocycles. The minimum absolute atomic E-state index is 0.252. The van der Waals surface area contributed by atoms with Crippen LogP contribution in [0.15, 0.2) is 12.4 Å². The molecule has 1 rings (SSSR count). The molecule has 0 atom stereocenters. The summed E-state index contributed by atoms with van der Waals surface area (Å²) in [5.74, 6) is 0.0153. The number of carbonyl (C=O) groups is 1. The van der Waals surface area contributed by atoms with Gasteiger partial charge >= 0.3 is 5.97 Å². The molecule has 0 spiro atoms. The number of nitriles is 1. The maximum Gasteiger partial charge on any atom is 0.307 e. The molecule has 0 bridgehead atoms. The summed E-state index contributed by atoms with van der Waals surface area (Å²) < 4.78 is 6.07. The Morgan fingerprint density at radius 3 is 3.23 bits per heavy atom. The Kier molecular flexibility index (Phi) is 3.03. The number of methoxy groups -OCH3 is 1. The zero-order valence-corrected chi connectivity index (χ0v) is 7.23. The third-order valence-corrected chi connectivity index (χ3v) is 1.60. The van der Waals surface area contributed by atoms with Gasteiger partial charge in [0.05, 0.1) is 13.5 Å². The van der Waals surface area contributed by atoms with Crippen molar-refractivity contribution in [3.8, 4) is 6.07 Å². The summed E-state index contributed by atoms with van der Waals surface area (Å²) in [6, 6.07) is 1.92. The van der Waals surface area contributed by atoms with Crippen molar-refractivity contribution in [2.75, 3.05) is 7.11 Å². The van der Waals surface area contributed by atoms with Crippen LogP contribution in [0.1, 0.15) is 12.2 Å². The molecule has 68 valence electrons. The van der Waals surface area contributed by atoms with Gasteiger partial charge in [-0.1, -0.05) is 0 Å². The highest BCUT2D eigenvalue weighted by Crippen LogP contribution is 1.98. The summed E-state index contributed by atoms with van der Waals surface area (Å²) in [4.78, 5) is 14.6. The van der Waals surface area contributed by atoms with Crippen molar-refractivity contribution < 1.29 is 9.53 Å². The van der Waals surface area contributed by atoms with E-state index in [0.29, 0.717) is 12.4 Å². The van der Waals surface area contributed by atoms with Crippen LogP contribution in [0.2, 0.25) is 0 Å². The van der Waals surface area contributed by atoms with Crippen molar-refractivity contribution >= 4 is 5.97 Å². The highest BCUT2D eigenvalue weighted by Gasteiger charge is 2.04. The van der Waals surface area contributed by atoms with E-state index in [2.05, 4.69) is 9.72 Å². The molecule has 0 amide bonds. The lowest BCUT2D eigenvalue weighted by Crippen LogP contribution is -2.07. The number of carbonyl (C=O) groups excluding carboxylic acids is 1. The lowest BCUT2D eigenvalue weighted by Gasteiger charge is -2.01. The third-order valence-electron chi connectivity index (χ3n) is 1.60. The van der Waals surface area contributed by atoms with Crippen molar-refractivity contribution in [2.45, 2.75) is 13.0 Å². The number of esters is 1. The van der Waals surface area contributed by atoms with E-state index in [4.69, 9.17) is 5.26 Å². The fourth-order valence-electron chi connectivity index (χ4n) is 0.916. The molecule has 0 unspecified atom stereocenters. The van der Waals surface area contributed by atoms with Crippen molar-refractivity contribution in [1.29, 1.82) is 5.26 Å². The van der Waals surface area contributed by atoms with Gasteiger partial charge in [0.2, 0.25) is 5.82 Å². The number of aromatic nitrogens is 2. The van der Waals surface area contributed by atoms with Gasteiger partial charge in [-0.3, -0.25) is 4.79 Å². The van der Waals surface area contributed by atoms with Gasteiger partial charge in [0, 0.05) is 18.9 Å². The molecule has 0 aliphatic rings.